The summed E-state index contributed by atoms with van der Waals surface area (Å²) >= 11 is 0. The van der Waals surface area contributed by atoms with E-state index in [0.29, 0.717) is 18.9 Å². The molecule has 0 radical (unpaired) electrons. The molecule has 0 fully saturated rings. The summed E-state index contributed by atoms with van der Waals surface area (Å²) in [5, 5.41) is 0. The molecule has 21 heavy (non-hydrogen) atoms. The quantitative estimate of drug-likeness (QED) is 0.456. The van der Waals surface area contributed by atoms with Gasteiger partial charge in [-0.05, 0) is 29.3 Å². The molecule has 5 nitrogen and oxygen atoms in total. The highest BCUT2D eigenvalue weighted by Crippen LogP contribution is 2.34. The highest BCUT2D eigenvalue weighted by molar-refractivity contribution is 5.53. The maximum atomic E-state index is 6.05. The number of fused-ring (bicyclic) bond motifs is 1. The van der Waals surface area contributed by atoms with Gasteiger partial charge in [0.05, 0.1) is 19.3 Å². The lowest BCUT2D eigenvalue weighted by Gasteiger charge is -2.20. The van der Waals surface area contributed by atoms with Gasteiger partial charge in [-0.25, -0.2) is 5.43 Å². The molecule has 0 aromatic heterocycles. The van der Waals surface area contributed by atoms with Crippen LogP contribution < -0.4 is 26.5 Å². The number of nitrogens with two attached hydrogens (primary N) is 2. The minimum atomic E-state index is -0.191. The standard InChI is InChI=1S/C16H19N3O2/c17-13-5-2-1-4-12(13)16(19-18)11-6-7-14-15(10-11)21-9-3-8-20-14/h1-2,4-7,10,16,19H,3,8-9,17-18H2. The minimum Gasteiger partial charge on any atom is -0.490 e. The SMILES string of the molecule is NNC(c1ccc2c(c1)OCCCO2)c1ccccc1N. The fraction of sp³-hybridized carbons (Fsp3) is 0.250. The van der Waals surface area contributed by atoms with E-state index < -0.39 is 0 Å². The van der Waals surface area contributed by atoms with Gasteiger partial charge in [-0.15, -0.1) is 0 Å². The Labute approximate surface area is 123 Å². The third kappa shape index (κ3) is 2.79. The lowest BCUT2D eigenvalue weighted by molar-refractivity contribution is 0.297. The van der Waals surface area contributed by atoms with Crippen LogP contribution in [-0.4, -0.2) is 13.2 Å². The Hall–Kier alpha value is -2.24. The average molecular weight is 285 g/mol. The smallest absolute Gasteiger partial charge is 0.161 e. The molecule has 1 aliphatic heterocycles. The van der Waals surface area contributed by atoms with E-state index in [-0.39, 0.29) is 6.04 Å². The Bertz CT molecular complexity index is 631. The van der Waals surface area contributed by atoms with E-state index in [4.69, 9.17) is 21.1 Å². The molecule has 0 bridgehead atoms. The van der Waals surface area contributed by atoms with Crippen molar-refractivity contribution in [1.82, 2.24) is 5.43 Å². The van der Waals surface area contributed by atoms with Crippen molar-refractivity contribution in [2.75, 3.05) is 18.9 Å². The summed E-state index contributed by atoms with van der Waals surface area (Å²) in [6.45, 7) is 1.33. The Morgan fingerprint density at radius 1 is 1.00 bits per heavy atom. The van der Waals surface area contributed by atoms with Crippen LogP contribution in [0, 0.1) is 0 Å². The maximum absolute atomic E-state index is 6.05. The summed E-state index contributed by atoms with van der Waals surface area (Å²) in [4.78, 5) is 0. The molecule has 5 heteroatoms. The van der Waals surface area contributed by atoms with Crippen LogP contribution in [-0.2, 0) is 0 Å². The van der Waals surface area contributed by atoms with Crippen molar-refractivity contribution in [2.24, 2.45) is 5.84 Å². The van der Waals surface area contributed by atoms with E-state index in [2.05, 4.69) is 5.43 Å². The van der Waals surface area contributed by atoms with Crippen LogP contribution in [0.3, 0.4) is 0 Å². The molecule has 5 N–H and O–H groups in total. The number of rotatable bonds is 3. The van der Waals surface area contributed by atoms with Gasteiger partial charge >= 0.3 is 0 Å². The summed E-state index contributed by atoms with van der Waals surface area (Å²) in [6, 6.07) is 13.3. The van der Waals surface area contributed by atoms with Crippen molar-refractivity contribution < 1.29 is 9.47 Å². The molecule has 1 atom stereocenters. The number of hydrogen-bond acceptors (Lipinski definition) is 5. The second-order valence-corrected chi connectivity index (χ2v) is 4.99. The summed E-state index contributed by atoms with van der Waals surface area (Å²) in [5.74, 6) is 7.26. The molecule has 0 saturated heterocycles. The van der Waals surface area contributed by atoms with Gasteiger partial charge in [0.1, 0.15) is 0 Å². The van der Waals surface area contributed by atoms with Gasteiger partial charge in [0.25, 0.3) is 0 Å². The van der Waals surface area contributed by atoms with E-state index in [9.17, 15) is 0 Å². The van der Waals surface area contributed by atoms with Gasteiger partial charge < -0.3 is 15.2 Å². The summed E-state index contributed by atoms with van der Waals surface area (Å²) in [7, 11) is 0. The molecule has 0 amide bonds. The first-order chi connectivity index (χ1) is 10.3. The molecular formula is C16H19N3O2. The van der Waals surface area contributed by atoms with E-state index in [1.165, 1.54) is 0 Å². The Morgan fingerprint density at radius 3 is 2.52 bits per heavy atom. The van der Waals surface area contributed by atoms with Crippen LogP contribution in [0.15, 0.2) is 42.5 Å². The van der Waals surface area contributed by atoms with E-state index in [1.807, 2.05) is 42.5 Å². The topological polar surface area (TPSA) is 82.5 Å². The molecule has 2 aromatic carbocycles. The lowest BCUT2D eigenvalue weighted by Crippen LogP contribution is -2.29. The maximum Gasteiger partial charge on any atom is 0.161 e. The van der Waals surface area contributed by atoms with Crippen LogP contribution in [0.4, 0.5) is 5.69 Å². The molecule has 0 spiro atoms. The molecule has 1 aliphatic rings. The number of para-hydroxylation sites is 1. The summed E-state index contributed by atoms with van der Waals surface area (Å²) in [5.41, 5.74) is 11.5. The van der Waals surface area contributed by atoms with Crippen molar-refractivity contribution in [2.45, 2.75) is 12.5 Å². The normalized spacial score (nSPS) is 15.3. The first-order valence-corrected chi connectivity index (χ1v) is 6.99. The molecular weight excluding hydrogens is 266 g/mol. The predicted molar refractivity (Wildman–Crippen MR) is 82.1 cm³/mol. The second-order valence-electron chi connectivity index (χ2n) is 4.99. The predicted octanol–water partition coefficient (Wildman–Crippen LogP) is 1.98. The van der Waals surface area contributed by atoms with Crippen molar-refractivity contribution in [1.29, 1.82) is 0 Å². The zero-order valence-electron chi connectivity index (χ0n) is 11.7. The Kier molecular flexibility index (Phi) is 3.94. The first kappa shape index (κ1) is 13.7. The minimum absolute atomic E-state index is 0.191. The highest BCUT2D eigenvalue weighted by Gasteiger charge is 2.18. The van der Waals surface area contributed by atoms with Crippen LogP contribution >= 0.6 is 0 Å². The zero-order valence-corrected chi connectivity index (χ0v) is 11.7. The highest BCUT2D eigenvalue weighted by atomic mass is 16.5. The number of nitrogen functional groups attached to an aromatic ring is 1. The number of ether oxygens (including phenoxy) is 2. The third-order valence-corrected chi connectivity index (χ3v) is 3.58. The molecule has 0 aliphatic carbocycles. The van der Waals surface area contributed by atoms with Crippen molar-refractivity contribution in [3.05, 3.63) is 53.6 Å². The van der Waals surface area contributed by atoms with Gasteiger partial charge in [-0.2, -0.15) is 0 Å². The number of benzene rings is 2. The van der Waals surface area contributed by atoms with Crippen LogP contribution in [0.1, 0.15) is 23.6 Å². The monoisotopic (exact) mass is 285 g/mol. The molecule has 1 heterocycles. The zero-order chi connectivity index (χ0) is 14.7. The number of hydrazine groups is 1. The van der Waals surface area contributed by atoms with E-state index in [1.54, 1.807) is 0 Å². The summed E-state index contributed by atoms with van der Waals surface area (Å²) < 4.78 is 11.4. The van der Waals surface area contributed by atoms with E-state index >= 15 is 0 Å². The molecule has 1 unspecified atom stereocenters. The number of nitrogens with one attached hydrogen (secondary N) is 1. The lowest BCUT2D eigenvalue weighted by atomic mass is 9.97. The second kappa shape index (κ2) is 6.03. The largest absolute Gasteiger partial charge is 0.490 e. The van der Waals surface area contributed by atoms with Crippen LogP contribution in [0.5, 0.6) is 11.5 Å². The number of hydrogen-bond donors (Lipinski definition) is 3. The van der Waals surface area contributed by atoms with Crippen molar-refractivity contribution in [3.63, 3.8) is 0 Å². The van der Waals surface area contributed by atoms with Gasteiger partial charge in [-0.1, -0.05) is 24.3 Å². The van der Waals surface area contributed by atoms with Crippen molar-refractivity contribution in [3.8, 4) is 11.5 Å². The molecule has 3 rings (SSSR count). The molecule has 2 aromatic rings. The molecule has 110 valence electrons. The van der Waals surface area contributed by atoms with Crippen LogP contribution in [0.25, 0.3) is 0 Å². The van der Waals surface area contributed by atoms with Crippen molar-refractivity contribution >= 4 is 5.69 Å². The Morgan fingerprint density at radius 2 is 1.76 bits per heavy atom. The summed E-state index contributed by atoms with van der Waals surface area (Å²) in [6.07, 6.45) is 0.883. The van der Waals surface area contributed by atoms with Crippen LogP contribution in [0.2, 0.25) is 0 Å². The average Bonchev–Trinajstić information content (AvgIpc) is 2.75. The van der Waals surface area contributed by atoms with E-state index in [0.717, 1.165) is 29.0 Å². The first-order valence-electron chi connectivity index (χ1n) is 6.99. The fourth-order valence-corrected chi connectivity index (χ4v) is 2.50. The van der Waals surface area contributed by atoms with Gasteiger partial charge in [0, 0.05) is 12.1 Å². The van der Waals surface area contributed by atoms with Gasteiger partial charge in [0.2, 0.25) is 0 Å². The number of anilines is 1. The molecule has 0 saturated carbocycles. The van der Waals surface area contributed by atoms with Gasteiger partial charge in [0.15, 0.2) is 11.5 Å². The fourth-order valence-electron chi connectivity index (χ4n) is 2.50. The van der Waals surface area contributed by atoms with Gasteiger partial charge in [-0.3, -0.25) is 5.84 Å². The Balaban J connectivity index is 1.98. The third-order valence-electron chi connectivity index (χ3n) is 3.58.